The summed E-state index contributed by atoms with van der Waals surface area (Å²) in [5.41, 5.74) is 1.19. The number of fused-ring (bicyclic) bond motifs is 21. The van der Waals surface area contributed by atoms with Crippen LogP contribution in [-0.2, 0) is 64.4 Å². The number of ketones is 6. The van der Waals surface area contributed by atoms with Gasteiger partial charge in [0.1, 0.15) is 24.7 Å². The monoisotopic (exact) mass is 1760 g/mol. The smallest absolute Gasteiger partial charge is 0.159 e. The third kappa shape index (κ3) is 16.2. The van der Waals surface area contributed by atoms with Crippen LogP contribution < -0.4 is 0 Å². The van der Waals surface area contributed by atoms with Crippen LogP contribution in [0.15, 0.2) is 61.7 Å². The number of nitrogens with zero attached hydrogens (tertiary/aromatic N) is 10. The zero-order chi connectivity index (χ0) is 90.6. The standard InChI is InChI=1S/C31H44N2O3.C27H42N2O3.2C24H35N3O3/c1-20-5-6-21-17-33(32-27(21)15-20)18-28(34)26-10-9-24-23-8-7-22-16-31(35,19-36-4)14-13-29(22,2)25(23)11-12-30(24,26)3;1-18-14-29(17-28-18)15-24(30)23-8-7-21-20-6-5-19-13-27(31,16-32-4)12-11-25(19,2)22(20)9-10-26(21,23)3;1-22(30)8-9-23(2)15(12-22)4-5-16-17-6-7-18(20(29)14-27-11-10-25-26-27)24(17,3)13-19(28)21(16)23;1-22(30)8-9-23(2)15(12-22)4-5-16-17-6-7-18(20(29)14-27-25-10-11-26-27)24(17,3)13-19(28)21(16)23/h5-6,15,17,22-26,35H,7-14,16,18-19H2,1-4H3;14,17,19-23,31H,5-13,15-16H2,1-4H3;2*10-11,15-18,21,30H,4-9,12-14H2,1-3H3/t22-,23-,24-,25-,26+,29-,30-,31+;19-,20-,21-,22-,23+,25-,26-,27+;2*15-,16-,17-,18+,21+,22+,23-,24-/m0000/s1. The van der Waals surface area contributed by atoms with Gasteiger partial charge in [-0.3, -0.25) is 33.4 Å². The average Bonchev–Trinajstić information content (AvgIpc) is 1.41. The number of aromatic nitrogens is 10. The molecule has 0 amide bonds. The van der Waals surface area contributed by atoms with Gasteiger partial charge in [0.2, 0.25) is 0 Å². The lowest BCUT2D eigenvalue weighted by Gasteiger charge is -2.62. The van der Waals surface area contributed by atoms with Gasteiger partial charge in [-0.2, -0.15) is 20.1 Å². The van der Waals surface area contributed by atoms with Gasteiger partial charge in [-0.25, -0.2) is 9.67 Å². The number of rotatable bonds is 16. The van der Waals surface area contributed by atoms with Crippen molar-refractivity contribution in [1.29, 1.82) is 0 Å². The molecule has 4 aromatic heterocycles. The van der Waals surface area contributed by atoms with Crippen LogP contribution in [0, 0.1) is 176 Å². The van der Waals surface area contributed by atoms with Gasteiger partial charge in [0.25, 0.3) is 0 Å². The SMILES string of the molecule is COC[C@@]1(O)CC[C@@]2(C)[C@@H](CC[C@@H]3[C@@H]2CC[C@]2(C)[C@@H](C(=O)Cn4cc5ccc(C)cc5n4)CC[C@@H]32)C1.COC[C@@]1(O)CC[C@@]2(C)[C@@H](CC[C@@H]3[C@@H]2CC[C@]2(C)[C@@H](C(=O)Cn4cnc(C)c4)CC[C@@H]32)C1.C[C@@]1(O)CC[C@@]2(C)[C@@H](CC[C@H]3[C@@H]4CC[C@H](C(=O)Cn5ccnn5)[C@@]4(C)CC(=O)[C@@H]32)C1.C[C@@]1(O)CC[C@@]2(C)[C@@H](CC[C@H]3[C@@H]4CC[C@H](C(=O)Cn5nccn5)[C@@]4(C)CC(=O)[C@@H]32)C1. The molecular weight excluding hydrogens is 1610 g/mol. The minimum absolute atomic E-state index is 0.00461. The first-order chi connectivity index (χ1) is 60.6. The molecule has 21 rings (SSSR count). The van der Waals surface area contributed by atoms with Crippen LogP contribution in [0.1, 0.15) is 299 Å². The largest absolute Gasteiger partial charge is 0.390 e. The van der Waals surface area contributed by atoms with E-state index in [-0.39, 0.29) is 92.7 Å². The van der Waals surface area contributed by atoms with Gasteiger partial charge in [0.05, 0.1) is 84.8 Å². The van der Waals surface area contributed by atoms with Gasteiger partial charge in [0, 0.05) is 86.5 Å². The highest BCUT2D eigenvalue weighted by Crippen LogP contribution is 2.73. The maximum absolute atomic E-state index is 13.7. The number of carbonyl (C=O) groups excluding carboxylic acids is 6. The zero-order valence-corrected chi connectivity index (χ0v) is 80.1. The summed E-state index contributed by atoms with van der Waals surface area (Å²) >= 11 is 0. The van der Waals surface area contributed by atoms with E-state index in [1.54, 1.807) is 50.0 Å². The first kappa shape index (κ1) is 92.4. The Morgan fingerprint density at radius 1 is 0.422 bits per heavy atom. The van der Waals surface area contributed by atoms with Crippen LogP contribution in [0.3, 0.4) is 0 Å². The van der Waals surface area contributed by atoms with Gasteiger partial charge in [-0.1, -0.05) is 72.7 Å². The summed E-state index contributed by atoms with van der Waals surface area (Å²) < 4.78 is 16.2. The molecule has 0 aliphatic heterocycles. The maximum Gasteiger partial charge on any atom is 0.159 e. The first-order valence-corrected chi connectivity index (χ1v) is 50.8. The molecule has 32 atom stereocenters. The number of aliphatic hydroxyl groups is 4. The van der Waals surface area contributed by atoms with Crippen LogP contribution in [0.4, 0.5) is 0 Å². The Hall–Kier alpha value is -6.04. The molecule has 0 spiro atoms. The Bertz CT molecular complexity index is 4780. The maximum atomic E-state index is 13.7. The van der Waals surface area contributed by atoms with E-state index < -0.39 is 22.4 Å². The van der Waals surface area contributed by atoms with E-state index in [1.807, 2.05) is 42.4 Å². The van der Waals surface area contributed by atoms with E-state index in [2.05, 4.69) is 106 Å². The molecule has 4 heterocycles. The van der Waals surface area contributed by atoms with Crippen LogP contribution >= 0.6 is 0 Å². The Morgan fingerprint density at radius 2 is 0.836 bits per heavy atom. The molecule has 702 valence electrons. The summed E-state index contributed by atoms with van der Waals surface area (Å²) in [6.07, 6.45) is 46.8. The van der Waals surface area contributed by atoms with E-state index in [0.29, 0.717) is 132 Å². The molecule has 22 heteroatoms. The molecule has 0 bridgehead atoms. The van der Waals surface area contributed by atoms with E-state index in [9.17, 15) is 49.2 Å². The van der Waals surface area contributed by atoms with Crippen LogP contribution in [-0.4, -0.2) is 154 Å². The number of imidazole rings is 1. The zero-order valence-electron chi connectivity index (χ0n) is 80.1. The van der Waals surface area contributed by atoms with E-state index in [0.717, 1.165) is 182 Å². The number of carbonyl (C=O) groups is 6. The number of hydrogen-bond donors (Lipinski definition) is 4. The molecule has 0 unspecified atom stereocenters. The van der Waals surface area contributed by atoms with Gasteiger partial charge in [-0.05, 0) is 371 Å². The summed E-state index contributed by atoms with van der Waals surface area (Å²) in [5.74, 6) is 10.4. The molecule has 4 N–H and O–H groups in total. The first-order valence-electron chi connectivity index (χ1n) is 50.8. The highest BCUT2D eigenvalue weighted by molar-refractivity contribution is 5.89. The van der Waals surface area contributed by atoms with Crippen molar-refractivity contribution in [3.05, 3.63) is 73.0 Å². The summed E-state index contributed by atoms with van der Waals surface area (Å²) in [6.45, 7) is 29.3. The molecule has 22 nitrogen and oxygen atoms in total. The Balaban J connectivity index is 0.000000116. The van der Waals surface area contributed by atoms with Crippen molar-refractivity contribution >= 4 is 45.6 Å². The predicted octanol–water partition coefficient (Wildman–Crippen LogP) is 17.6. The van der Waals surface area contributed by atoms with Crippen LogP contribution in [0.25, 0.3) is 10.9 Å². The topological polar surface area (TPSA) is 299 Å². The number of Topliss-reactive ketones (excluding diaryl/α,β-unsaturated/α-hetero) is 6. The van der Waals surface area contributed by atoms with E-state index in [1.165, 1.54) is 74.6 Å². The molecule has 0 saturated heterocycles. The quantitative estimate of drug-likeness (QED) is 0.0713. The summed E-state index contributed by atoms with van der Waals surface area (Å²) in [4.78, 5) is 86.5. The lowest BCUT2D eigenvalue weighted by atomic mass is 9.43. The second-order valence-corrected chi connectivity index (χ2v) is 49.0. The lowest BCUT2D eigenvalue weighted by Crippen LogP contribution is -2.59. The second kappa shape index (κ2) is 34.1. The van der Waals surface area contributed by atoms with E-state index >= 15 is 0 Å². The molecular formula is C106H156N10O12. The third-order valence-corrected chi connectivity index (χ3v) is 42.0. The highest BCUT2D eigenvalue weighted by atomic mass is 16.5. The third-order valence-electron chi connectivity index (χ3n) is 42.0. The minimum Gasteiger partial charge on any atom is -0.390 e. The van der Waals surface area contributed by atoms with E-state index in [4.69, 9.17) is 14.6 Å². The van der Waals surface area contributed by atoms with Gasteiger partial charge >= 0.3 is 0 Å². The summed E-state index contributed by atoms with van der Waals surface area (Å²) in [5, 5.41) is 65.3. The van der Waals surface area contributed by atoms with Crippen LogP contribution in [0.5, 0.6) is 0 Å². The van der Waals surface area contributed by atoms with Crippen molar-refractivity contribution in [2.24, 2.45) is 162 Å². The molecule has 0 radical (unpaired) electrons. The van der Waals surface area contributed by atoms with Crippen molar-refractivity contribution in [2.45, 2.75) is 350 Å². The fourth-order valence-corrected chi connectivity index (χ4v) is 35.6. The molecule has 16 aliphatic carbocycles. The Morgan fingerprint density at radius 3 is 1.28 bits per heavy atom. The van der Waals surface area contributed by atoms with Crippen molar-refractivity contribution in [2.75, 3.05) is 27.4 Å². The minimum atomic E-state index is -0.643. The van der Waals surface area contributed by atoms with Crippen molar-refractivity contribution in [3.8, 4) is 0 Å². The van der Waals surface area contributed by atoms with Crippen molar-refractivity contribution in [1.82, 2.24) is 49.3 Å². The molecule has 16 aliphatic rings. The van der Waals surface area contributed by atoms with Gasteiger partial charge in [-0.15, -0.1) is 5.10 Å². The van der Waals surface area contributed by atoms with Crippen LogP contribution in [0.2, 0.25) is 0 Å². The van der Waals surface area contributed by atoms with Crippen molar-refractivity contribution in [3.63, 3.8) is 0 Å². The molecule has 16 saturated carbocycles. The number of benzene rings is 1. The average molecular weight is 1760 g/mol. The molecule has 1 aromatic carbocycles. The number of hydrogen-bond acceptors (Lipinski definition) is 18. The summed E-state index contributed by atoms with van der Waals surface area (Å²) in [7, 11) is 3.41. The van der Waals surface area contributed by atoms with Gasteiger partial charge in [0.15, 0.2) is 23.1 Å². The molecule has 16 fully saturated rings. The number of aryl methyl sites for hydroxylation is 2. The molecule has 128 heavy (non-hydrogen) atoms. The predicted molar refractivity (Wildman–Crippen MR) is 488 cm³/mol. The highest BCUT2D eigenvalue weighted by Gasteiger charge is 2.69. The summed E-state index contributed by atoms with van der Waals surface area (Å²) in [6, 6.07) is 6.31. The second-order valence-electron chi connectivity index (χ2n) is 49.0. The normalized spacial score (nSPS) is 45.8. The fourth-order valence-electron chi connectivity index (χ4n) is 35.6. The number of methoxy groups -OCH3 is 2. The Kier molecular flexibility index (Phi) is 24.6. The molecule has 5 aromatic rings. The Labute approximate surface area is 761 Å². The lowest BCUT2D eigenvalue weighted by molar-refractivity contribution is -0.169. The van der Waals surface area contributed by atoms with Gasteiger partial charge < -0.3 is 34.5 Å². The fraction of sp³-hybridized carbons (Fsp3) is 0.811. The van der Waals surface area contributed by atoms with Crippen molar-refractivity contribution < 1.29 is 58.7 Å². The number of ether oxygens (including phenoxy) is 2.